The molecule has 61 heavy (non-hydrogen) atoms. The average Bonchev–Trinajstić information content (AvgIpc) is 3.68. The molecule has 4 aromatic heterocycles. The minimum Gasteiger partial charge on any atom is -0.309 e. The van der Waals surface area contributed by atoms with Gasteiger partial charge in [0.15, 0.2) is 17.5 Å². The van der Waals surface area contributed by atoms with E-state index in [1.165, 1.54) is 21.8 Å². The zero-order valence-corrected chi connectivity index (χ0v) is 32.8. The number of rotatable bonds is 6. The molecule has 8 aromatic carbocycles. The van der Waals surface area contributed by atoms with E-state index in [0.717, 1.165) is 77.5 Å². The van der Waals surface area contributed by atoms with E-state index in [0.29, 0.717) is 17.5 Å². The molecule has 0 saturated carbocycles. The molecule has 6 nitrogen and oxygen atoms in total. The summed E-state index contributed by atoms with van der Waals surface area (Å²) in [5, 5.41) is 6.76. The summed E-state index contributed by atoms with van der Waals surface area (Å²) >= 11 is 0. The van der Waals surface area contributed by atoms with Crippen molar-refractivity contribution >= 4 is 54.4 Å². The standard InChI is InChI=1S/C55H34N6/c1-4-14-35(15-5-1)46-32-31-45-47(56-46)33-30-44-41-29-26-39(34-48(41)57-52(51(44)45)36-16-6-2-7-17-36)55-59-53(37-18-8-3-9-19-37)58-54(60-55)38-24-27-40(28-25-38)61-49-22-12-10-20-42(49)43-21-11-13-23-50(43)61/h1-34H. The molecule has 12 rings (SSSR count). The quantitative estimate of drug-likeness (QED) is 0.157. The van der Waals surface area contributed by atoms with Crippen molar-refractivity contribution in [3.8, 4) is 62.4 Å². The highest BCUT2D eigenvalue weighted by molar-refractivity contribution is 6.21. The Morgan fingerprint density at radius 3 is 1.46 bits per heavy atom. The molecule has 0 radical (unpaired) electrons. The van der Waals surface area contributed by atoms with Crippen molar-refractivity contribution in [2.45, 2.75) is 0 Å². The Hall–Kier alpha value is -8.35. The molecule has 0 unspecified atom stereocenters. The first-order valence-corrected chi connectivity index (χ1v) is 20.4. The third-order valence-corrected chi connectivity index (χ3v) is 11.6. The Kier molecular flexibility index (Phi) is 8.06. The van der Waals surface area contributed by atoms with Gasteiger partial charge in [-0.15, -0.1) is 0 Å². The Balaban J connectivity index is 1.01. The van der Waals surface area contributed by atoms with Gasteiger partial charge in [-0.25, -0.2) is 24.9 Å². The summed E-state index contributed by atoms with van der Waals surface area (Å²) in [6.07, 6.45) is 0. The zero-order valence-electron chi connectivity index (χ0n) is 32.8. The number of fused-ring (bicyclic) bond motifs is 8. The molecule has 0 aliphatic heterocycles. The molecule has 0 saturated heterocycles. The van der Waals surface area contributed by atoms with Gasteiger partial charge in [-0.05, 0) is 66.0 Å². The van der Waals surface area contributed by atoms with Crippen molar-refractivity contribution in [2.24, 2.45) is 0 Å². The lowest BCUT2D eigenvalue weighted by molar-refractivity contribution is 1.07. The second kappa shape index (κ2) is 14.2. The molecule has 4 heterocycles. The Morgan fingerprint density at radius 1 is 0.295 bits per heavy atom. The second-order valence-corrected chi connectivity index (χ2v) is 15.3. The number of hydrogen-bond donors (Lipinski definition) is 0. The molecule has 0 fully saturated rings. The summed E-state index contributed by atoms with van der Waals surface area (Å²) < 4.78 is 2.32. The van der Waals surface area contributed by atoms with Crippen molar-refractivity contribution in [3.63, 3.8) is 0 Å². The monoisotopic (exact) mass is 778 g/mol. The molecule has 0 bridgehead atoms. The maximum atomic E-state index is 5.43. The molecule has 0 N–H and O–H groups in total. The molecular formula is C55H34N6. The van der Waals surface area contributed by atoms with Gasteiger partial charge in [0.25, 0.3) is 0 Å². The van der Waals surface area contributed by atoms with Crippen molar-refractivity contribution in [2.75, 3.05) is 0 Å². The summed E-state index contributed by atoms with van der Waals surface area (Å²) in [7, 11) is 0. The van der Waals surface area contributed by atoms with Gasteiger partial charge in [-0.3, -0.25) is 0 Å². The molecule has 0 spiro atoms. The van der Waals surface area contributed by atoms with E-state index in [9.17, 15) is 0 Å². The third-order valence-electron chi connectivity index (χ3n) is 11.6. The predicted molar refractivity (Wildman–Crippen MR) is 249 cm³/mol. The summed E-state index contributed by atoms with van der Waals surface area (Å²) in [5.41, 5.74) is 11.8. The van der Waals surface area contributed by atoms with Crippen LogP contribution in [0.1, 0.15) is 0 Å². The molecule has 0 amide bonds. The normalized spacial score (nSPS) is 11.6. The van der Waals surface area contributed by atoms with Gasteiger partial charge in [-0.2, -0.15) is 0 Å². The van der Waals surface area contributed by atoms with Crippen LogP contribution in [-0.4, -0.2) is 29.5 Å². The van der Waals surface area contributed by atoms with Crippen LogP contribution in [-0.2, 0) is 0 Å². The Morgan fingerprint density at radius 2 is 0.803 bits per heavy atom. The first-order chi connectivity index (χ1) is 30.2. The molecule has 0 atom stereocenters. The minimum absolute atomic E-state index is 0.580. The van der Waals surface area contributed by atoms with Gasteiger partial charge in [0.1, 0.15) is 0 Å². The lowest BCUT2D eigenvalue weighted by Gasteiger charge is -2.14. The fourth-order valence-electron chi connectivity index (χ4n) is 8.74. The van der Waals surface area contributed by atoms with Gasteiger partial charge in [0, 0.05) is 60.4 Å². The fraction of sp³-hybridized carbons (Fsp3) is 0. The van der Waals surface area contributed by atoms with E-state index < -0.39 is 0 Å². The first-order valence-electron chi connectivity index (χ1n) is 20.4. The fourth-order valence-corrected chi connectivity index (χ4v) is 8.74. The van der Waals surface area contributed by atoms with Crippen molar-refractivity contribution in [1.82, 2.24) is 29.5 Å². The first kappa shape index (κ1) is 34.7. The molecule has 0 aliphatic rings. The molecular weight excluding hydrogens is 745 g/mol. The number of benzene rings is 8. The average molecular weight is 779 g/mol. The number of para-hydroxylation sites is 2. The van der Waals surface area contributed by atoms with Gasteiger partial charge in [0.05, 0.1) is 33.5 Å². The van der Waals surface area contributed by atoms with Crippen LogP contribution in [0.3, 0.4) is 0 Å². The number of hydrogen-bond acceptors (Lipinski definition) is 5. The maximum absolute atomic E-state index is 5.43. The van der Waals surface area contributed by atoms with Gasteiger partial charge < -0.3 is 4.57 Å². The van der Waals surface area contributed by atoms with Crippen molar-refractivity contribution < 1.29 is 0 Å². The lowest BCUT2D eigenvalue weighted by atomic mass is 9.95. The highest BCUT2D eigenvalue weighted by Crippen LogP contribution is 2.39. The Labute approximate surface area is 351 Å². The van der Waals surface area contributed by atoms with Crippen LogP contribution in [0.2, 0.25) is 0 Å². The van der Waals surface area contributed by atoms with E-state index in [-0.39, 0.29) is 0 Å². The second-order valence-electron chi connectivity index (χ2n) is 15.3. The van der Waals surface area contributed by atoms with Crippen molar-refractivity contribution in [1.29, 1.82) is 0 Å². The number of nitrogens with zero attached hydrogens (tertiary/aromatic N) is 6. The van der Waals surface area contributed by atoms with Crippen LogP contribution in [0.5, 0.6) is 0 Å². The molecule has 6 heteroatoms. The van der Waals surface area contributed by atoms with Gasteiger partial charge >= 0.3 is 0 Å². The minimum atomic E-state index is 0.580. The smallest absolute Gasteiger partial charge is 0.164 e. The van der Waals surface area contributed by atoms with Gasteiger partial charge in [0.2, 0.25) is 0 Å². The van der Waals surface area contributed by atoms with Crippen LogP contribution < -0.4 is 0 Å². The summed E-state index contributed by atoms with van der Waals surface area (Å²) in [6, 6.07) is 71.4. The number of aromatic nitrogens is 6. The highest BCUT2D eigenvalue weighted by atomic mass is 15.0. The van der Waals surface area contributed by atoms with Crippen LogP contribution in [0, 0.1) is 0 Å². The van der Waals surface area contributed by atoms with Crippen LogP contribution >= 0.6 is 0 Å². The van der Waals surface area contributed by atoms with Crippen LogP contribution in [0.25, 0.3) is 117 Å². The van der Waals surface area contributed by atoms with Crippen molar-refractivity contribution in [3.05, 3.63) is 206 Å². The van der Waals surface area contributed by atoms with E-state index in [1.54, 1.807) is 0 Å². The topological polar surface area (TPSA) is 69.4 Å². The maximum Gasteiger partial charge on any atom is 0.164 e. The summed E-state index contributed by atoms with van der Waals surface area (Å²) in [5.74, 6) is 1.79. The Bertz CT molecular complexity index is 3570. The zero-order chi connectivity index (χ0) is 40.3. The third kappa shape index (κ3) is 5.92. The van der Waals surface area contributed by atoms with E-state index in [2.05, 4.69) is 156 Å². The summed E-state index contributed by atoms with van der Waals surface area (Å²) in [4.78, 5) is 25.8. The highest BCUT2D eigenvalue weighted by Gasteiger charge is 2.18. The predicted octanol–water partition coefficient (Wildman–Crippen LogP) is 13.6. The van der Waals surface area contributed by atoms with E-state index in [4.69, 9.17) is 24.9 Å². The van der Waals surface area contributed by atoms with E-state index in [1.807, 2.05) is 54.6 Å². The summed E-state index contributed by atoms with van der Waals surface area (Å²) in [6.45, 7) is 0. The van der Waals surface area contributed by atoms with Crippen LogP contribution in [0.4, 0.5) is 0 Å². The molecule has 284 valence electrons. The molecule has 0 aliphatic carbocycles. The largest absolute Gasteiger partial charge is 0.309 e. The lowest BCUT2D eigenvalue weighted by Crippen LogP contribution is -2.01. The van der Waals surface area contributed by atoms with Crippen LogP contribution in [0.15, 0.2) is 206 Å². The SMILES string of the molecule is c1ccc(-c2ccc3c(ccc4c5ccc(-c6nc(-c7ccccc7)nc(-c7ccc(-n8c9ccccc9c9ccccc98)cc7)n6)cc5nc(-c5ccccc5)c34)n2)cc1. The number of pyridine rings is 2. The van der Waals surface area contributed by atoms with Gasteiger partial charge in [-0.1, -0.05) is 146 Å². The molecule has 12 aromatic rings. The van der Waals surface area contributed by atoms with E-state index >= 15 is 0 Å².